The molecule has 2 aromatic rings. The number of likely N-dealkylation sites (N-methyl/N-ethyl adjacent to an activating group) is 1. The van der Waals surface area contributed by atoms with E-state index in [1.807, 2.05) is 6.07 Å². The monoisotopic (exact) mass is 326 g/mol. The van der Waals surface area contributed by atoms with E-state index in [9.17, 15) is 5.11 Å². The lowest BCUT2D eigenvalue weighted by Crippen LogP contribution is -2.29. The number of hydrogen-bond donors (Lipinski definition) is 2. The molecule has 1 fully saturated rings. The number of nitrogens with one attached hydrogen (secondary N) is 1. The van der Waals surface area contributed by atoms with E-state index in [0.717, 1.165) is 44.0 Å². The molecule has 0 atom stereocenters. The van der Waals surface area contributed by atoms with Crippen LogP contribution in [0.3, 0.4) is 0 Å². The first-order chi connectivity index (χ1) is 11.7. The van der Waals surface area contributed by atoms with Crippen molar-refractivity contribution in [2.24, 2.45) is 0 Å². The molecule has 0 spiro atoms. The summed E-state index contributed by atoms with van der Waals surface area (Å²) in [7, 11) is 0. The summed E-state index contributed by atoms with van der Waals surface area (Å²) in [6, 6.07) is 10.6. The maximum atomic E-state index is 9.44. The van der Waals surface area contributed by atoms with Crippen LogP contribution < -0.4 is 10.2 Å². The summed E-state index contributed by atoms with van der Waals surface area (Å²) >= 11 is 0. The minimum absolute atomic E-state index is 0.159. The van der Waals surface area contributed by atoms with Gasteiger partial charge in [-0.15, -0.1) is 0 Å². The predicted octanol–water partition coefficient (Wildman–Crippen LogP) is 2.96. The molecule has 1 aliphatic carbocycles. The van der Waals surface area contributed by atoms with Crippen molar-refractivity contribution in [1.82, 2.24) is 9.97 Å². The summed E-state index contributed by atoms with van der Waals surface area (Å²) in [5.41, 5.74) is 3.57. The zero-order valence-corrected chi connectivity index (χ0v) is 14.4. The molecule has 24 heavy (non-hydrogen) atoms. The van der Waals surface area contributed by atoms with Gasteiger partial charge in [0.25, 0.3) is 0 Å². The van der Waals surface area contributed by atoms with Crippen molar-refractivity contribution in [3.63, 3.8) is 0 Å². The van der Waals surface area contributed by atoms with Crippen molar-refractivity contribution in [1.29, 1.82) is 0 Å². The van der Waals surface area contributed by atoms with Gasteiger partial charge in [-0.2, -0.15) is 0 Å². The molecule has 1 aromatic carbocycles. The van der Waals surface area contributed by atoms with Crippen molar-refractivity contribution < 1.29 is 5.11 Å². The lowest BCUT2D eigenvalue weighted by atomic mass is 9.80. The van der Waals surface area contributed by atoms with E-state index in [0.29, 0.717) is 5.92 Å². The fraction of sp³-hybridized carbons (Fsp3) is 0.474. The van der Waals surface area contributed by atoms with E-state index in [1.165, 1.54) is 11.3 Å². The zero-order chi connectivity index (χ0) is 16.9. The largest absolute Gasteiger partial charge is 0.393 e. The van der Waals surface area contributed by atoms with Crippen LogP contribution in [-0.2, 0) is 0 Å². The lowest BCUT2D eigenvalue weighted by molar-refractivity contribution is 0.0732. The Kier molecular flexibility index (Phi) is 5.30. The highest BCUT2D eigenvalue weighted by atomic mass is 16.3. The third-order valence-corrected chi connectivity index (χ3v) is 4.66. The normalized spacial score (nSPS) is 19.6. The molecule has 1 heterocycles. The van der Waals surface area contributed by atoms with Gasteiger partial charge in [0, 0.05) is 43.0 Å². The highest BCUT2D eigenvalue weighted by Gasteiger charge is 2.29. The molecule has 1 aromatic heterocycles. The number of rotatable bonds is 7. The molecule has 0 bridgehead atoms. The average molecular weight is 326 g/mol. The molecule has 0 aliphatic heterocycles. The number of aliphatic hydroxyl groups is 1. The number of nitrogens with zero attached hydrogens (tertiary/aromatic N) is 3. The van der Waals surface area contributed by atoms with Crippen LogP contribution in [0.5, 0.6) is 0 Å². The molecule has 0 amide bonds. The van der Waals surface area contributed by atoms with Crippen LogP contribution in [0.1, 0.15) is 36.9 Å². The van der Waals surface area contributed by atoms with Gasteiger partial charge in [0.2, 0.25) is 0 Å². The van der Waals surface area contributed by atoms with Crippen LogP contribution in [0.2, 0.25) is 0 Å². The summed E-state index contributed by atoms with van der Waals surface area (Å²) < 4.78 is 0. The van der Waals surface area contributed by atoms with Gasteiger partial charge in [0.05, 0.1) is 6.10 Å². The van der Waals surface area contributed by atoms with Crippen molar-refractivity contribution in [3.05, 3.63) is 47.9 Å². The highest BCUT2D eigenvalue weighted by Crippen LogP contribution is 2.35. The minimum Gasteiger partial charge on any atom is -0.393 e. The number of benzene rings is 1. The molecule has 1 saturated carbocycles. The van der Waals surface area contributed by atoms with Crippen molar-refractivity contribution in [2.75, 3.05) is 29.9 Å². The first-order valence-electron chi connectivity index (χ1n) is 8.71. The maximum absolute atomic E-state index is 9.44. The Hall–Kier alpha value is -2.14. The molecule has 0 radical (unpaired) electrons. The second kappa shape index (κ2) is 7.62. The minimum atomic E-state index is -0.159. The van der Waals surface area contributed by atoms with Gasteiger partial charge < -0.3 is 15.3 Å². The first kappa shape index (κ1) is 16.7. The quantitative estimate of drug-likeness (QED) is 0.819. The molecular weight excluding hydrogens is 300 g/mol. The molecule has 5 nitrogen and oxygen atoms in total. The van der Waals surface area contributed by atoms with Crippen LogP contribution in [0.25, 0.3) is 0 Å². The molecule has 3 rings (SSSR count). The molecule has 0 saturated heterocycles. The predicted molar refractivity (Wildman–Crippen MR) is 97.6 cm³/mol. The fourth-order valence-corrected chi connectivity index (χ4v) is 3.13. The smallest absolute Gasteiger partial charge is 0.129 e. The van der Waals surface area contributed by atoms with Crippen LogP contribution in [0, 0.1) is 6.92 Å². The van der Waals surface area contributed by atoms with E-state index >= 15 is 0 Å². The van der Waals surface area contributed by atoms with Gasteiger partial charge in [0.15, 0.2) is 0 Å². The van der Waals surface area contributed by atoms with Crippen LogP contribution >= 0.6 is 0 Å². The molecule has 0 unspecified atom stereocenters. The van der Waals surface area contributed by atoms with E-state index in [4.69, 9.17) is 0 Å². The summed E-state index contributed by atoms with van der Waals surface area (Å²) in [6.45, 7) is 7.01. The van der Waals surface area contributed by atoms with E-state index in [1.54, 1.807) is 6.33 Å². The molecule has 128 valence electrons. The SMILES string of the molecule is CCN(CCNc1cc(C2CC(O)C2)ncn1)c1cccc(C)c1. The van der Waals surface area contributed by atoms with Gasteiger partial charge >= 0.3 is 0 Å². The van der Waals surface area contributed by atoms with E-state index < -0.39 is 0 Å². The second-order valence-corrected chi connectivity index (χ2v) is 6.50. The summed E-state index contributed by atoms with van der Waals surface area (Å²) in [6.07, 6.45) is 3.08. The topological polar surface area (TPSA) is 61.3 Å². The standard InChI is InChI=1S/C19H26N4O/c1-3-23(16-6-4-5-14(2)9-16)8-7-20-19-12-18(21-13-22-19)15-10-17(24)11-15/h4-6,9,12-13,15,17,24H,3,7-8,10-11H2,1-2H3,(H,20,21,22). The van der Waals surface area contributed by atoms with Gasteiger partial charge in [-0.3, -0.25) is 0 Å². The lowest BCUT2D eigenvalue weighted by Gasteiger charge is -2.30. The average Bonchev–Trinajstić information content (AvgIpc) is 2.56. The Labute approximate surface area is 143 Å². The van der Waals surface area contributed by atoms with Crippen LogP contribution in [0.4, 0.5) is 11.5 Å². The number of aromatic nitrogens is 2. The number of aryl methyl sites for hydroxylation is 1. The third kappa shape index (κ3) is 4.03. The fourth-order valence-electron chi connectivity index (χ4n) is 3.13. The van der Waals surface area contributed by atoms with Crippen molar-refractivity contribution in [3.8, 4) is 0 Å². The van der Waals surface area contributed by atoms with Gasteiger partial charge in [-0.1, -0.05) is 12.1 Å². The van der Waals surface area contributed by atoms with E-state index in [-0.39, 0.29) is 6.10 Å². The molecular formula is C19H26N4O. The first-order valence-corrected chi connectivity index (χ1v) is 8.71. The summed E-state index contributed by atoms with van der Waals surface area (Å²) in [5.74, 6) is 1.24. The molecule has 2 N–H and O–H groups in total. The Morgan fingerprint density at radius 1 is 1.25 bits per heavy atom. The van der Waals surface area contributed by atoms with Crippen molar-refractivity contribution >= 4 is 11.5 Å². The van der Waals surface area contributed by atoms with E-state index in [2.05, 4.69) is 58.3 Å². The Bertz CT molecular complexity index is 670. The molecule has 1 aliphatic rings. The van der Waals surface area contributed by atoms with Crippen LogP contribution in [0.15, 0.2) is 36.7 Å². The highest BCUT2D eigenvalue weighted by molar-refractivity contribution is 5.48. The Balaban J connectivity index is 1.54. The van der Waals surface area contributed by atoms with Crippen molar-refractivity contribution in [2.45, 2.75) is 38.7 Å². The third-order valence-electron chi connectivity index (χ3n) is 4.66. The second-order valence-electron chi connectivity index (χ2n) is 6.50. The molecule has 5 heteroatoms. The zero-order valence-electron chi connectivity index (χ0n) is 14.4. The summed E-state index contributed by atoms with van der Waals surface area (Å²) in [4.78, 5) is 11.0. The number of hydrogen-bond acceptors (Lipinski definition) is 5. The van der Waals surface area contributed by atoms with Crippen LogP contribution in [-0.4, -0.2) is 40.8 Å². The maximum Gasteiger partial charge on any atom is 0.129 e. The van der Waals surface area contributed by atoms with Gasteiger partial charge in [-0.05, 0) is 44.4 Å². The van der Waals surface area contributed by atoms with Gasteiger partial charge in [0.1, 0.15) is 12.1 Å². The van der Waals surface area contributed by atoms with Gasteiger partial charge in [-0.25, -0.2) is 9.97 Å². The summed E-state index contributed by atoms with van der Waals surface area (Å²) in [5, 5.41) is 12.8. The Morgan fingerprint density at radius 3 is 2.79 bits per heavy atom. The number of aliphatic hydroxyl groups excluding tert-OH is 1. The number of anilines is 2. The Morgan fingerprint density at radius 2 is 2.08 bits per heavy atom.